The zero-order valence-corrected chi connectivity index (χ0v) is 17.7. The number of nitrogens with zero attached hydrogens (tertiary/aromatic N) is 2. The Morgan fingerprint density at radius 2 is 2.03 bits per heavy atom. The number of H-pyrrole nitrogens is 1. The fourth-order valence-corrected chi connectivity index (χ4v) is 4.50. The number of aromatic amines is 1. The van der Waals surface area contributed by atoms with Crippen molar-refractivity contribution in [2.75, 3.05) is 30.7 Å². The number of nitrogens with two attached hydrogens (primary N) is 2. The molecule has 2 amide bonds. The predicted octanol–water partition coefficient (Wildman–Crippen LogP) is 2.87. The Labute approximate surface area is 182 Å². The van der Waals surface area contributed by atoms with E-state index in [9.17, 15) is 9.59 Å². The van der Waals surface area contributed by atoms with Crippen LogP contribution in [0.4, 0.5) is 11.5 Å². The minimum atomic E-state index is -0.310. The maximum absolute atomic E-state index is 12.6. The van der Waals surface area contributed by atoms with E-state index < -0.39 is 0 Å². The van der Waals surface area contributed by atoms with Gasteiger partial charge in [-0.2, -0.15) is 0 Å². The number of nitrogen functional groups attached to an aromatic ring is 1. The number of carbonyl (C=O) groups excluding carboxylic acids is 2. The van der Waals surface area contributed by atoms with E-state index in [4.69, 9.17) is 11.5 Å². The molecule has 164 valence electrons. The van der Waals surface area contributed by atoms with Gasteiger partial charge in [-0.05, 0) is 67.7 Å². The Hall–Kier alpha value is -3.13. The van der Waals surface area contributed by atoms with Crippen molar-refractivity contribution in [3.8, 4) is 0 Å². The van der Waals surface area contributed by atoms with Crippen molar-refractivity contribution in [2.24, 2.45) is 5.73 Å². The number of anilines is 2. The molecule has 4 rings (SSSR count). The van der Waals surface area contributed by atoms with E-state index in [1.165, 1.54) is 23.8 Å². The van der Waals surface area contributed by atoms with E-state index >= 15 is 0 Å². The Kier molecular flexibility index (Phi) is 6.36. The molecule has 0 atom stereocenters. The number of likely N-dealkylation sites (tertiary alicyclic amines) is 1. The van der Waals surface area contributed by atoms with Gasteiger partial charge in [-0.25, -0.2) is 4.98 Å². The first-order chi connectivity index (χ1) is 15.0. The van der Waals surface area contributed by atoms with Gasteiger partial charge in [0.2, 0.25) is 5.91 Å². The fraction of sp³-hybridized carbons (Fsp3) is 0.435. The number of amides is 2. The van der Waals surface area contributed by atoms with Crippen LogP contribution in [0.25, 0.3) is 5.57 Å². The van der Waals surface area contributed by atoms with Crippen molar-refractivity contribution < 1.29 is 9.59 Å². The van der Waals surface area contributed by atoms with Crippen molar-refractivity contribution in [1.82, 2.24) is 14.9 Å². The summed E-state index contributed by atoms with van der Waals surface area (Å²) >= 11 is 0. The molecule has 1 aromatic carbocycles. The lowest BCUT2D eigenvalue weighted by Crippen LogP contribution is -2.41. The number of nitrogens with one attached hydrogen (secondary N) is 2. The summed E-state index contributed by atoms with van der Waals surface area (Å²) in [6.45, 7) is 1.53. The Bertz CT molecular complexity index is 988. The van der Waals surface area contributed by atoms with Crippen molar-refractivity contribution in [2.45, 2.75) is 44.4 Å². The molecule has 0 unspecified atom stereocenters. The number of piperidine rings is 1. The van der Waals surface area contributed by atoms with Gasteiger partial charge >= 0.3 is 0 Å². The van der Waals surface area contributed by atoms with Gasteiger partial charge < -0.3 is 26.7 Å². The lowest BCUT2D eigenvalue weighted by Gasteiger charge is -2.32. The van der Waals surface area contributed by atoms with Crippen LogP contribution in [0, 0.1) is 0 Å². The molecule has 0 saturated carbocycles. The zero-order valence-electron chi connectivity index (χ0n) is 17.7. The summed E-state index contributed by atoms with van der Waals surface area (Å²) in [4.78, 5) is 33.2. The van der Waals surface area contributed by atoms with Gasteiger partial charge in [0.1, 0.15) is 5.82 Å². The molecule has 0 radical (unpaired) electrons. The fourth-order valence-electron chi connectivity index (χ4n) is 4.50. The molecular formula is C23H30N6O2. The molecule has 0 bridgehead atoms. The molecule has 2 heterocycles. The van der Waals surface area contributed by atoms with Gasteiger partial charge in [-0.1, -0.05) is 12.1 Å². The third kappa shape index (κ3) is 4.80. The van der Waals surface area contributed by atoms with Crippen molar-refractivity contribution in [3.63, 3.8) is 0 Å². The van der Waals surface area contributed by atoms with E-state index in [1.807, 2.05) is 11.0 Å². The molecule has 8 nitrogen and oxygen atoms in total. The first-order valence-corrected chi connectivity index (χ1v) is 11.0. The average Bonchev–Trinajstić information content (AvgIpc) is 3.26. The summed E-state index contributed by atoms with van der Waals surface area (Å²) in [5.41, 5.74) is 15.5. The molecule has 6 N–H and O–H groups in total. The molecule has 1 saturated heterocycles. The van der Waals surface area contributed by atoms with Crippen LogP contribution in [0.1, 0.15) is 66.2 Å². The van der Waals surface area contributed by atoms with Crippen LogP contribution in [-0.2, 0) is 4.79 Å². The highest BCUT2D eigenvalue weighted by Crippen LogP contribution is 2.36. The minimum absolute atomic E-state index is 0.0168. The van der Waals surface area contributed by atoms with Crippen LogP contribution < -0.4 is 16.8 Å². The SMILES string of the molecule is NCC(=O)N1CCC(c2ccc(NC(=O)c3nc(N)c[nH]3)c(C3=CCCCC3)c2)CC1. The first kappa shape index (κ1) is 21.1. The molecular weight excluding hydrogens is 392 g/mol. The van der Waals surface area contributed by atoms with Crippen molar-refractivity contribution >= 4 is 28.9 Å². The summed E-state index contributed by atoms with van der Waals surface area (Å²) in [7, 11) is 0. The van der Waals surface area contributed by atoms with Gasteiger partial charge in [0.25, 0.3) is 5.91 Å². The van der Waals surface area contributed by atoms with Gasteiger partial charge in [0, 0.05) is 30.5 Å². The molecule has 8 heteroatoms. The number of benzene rings is 1. The van der Waals surface area contributed by atoms with E-state index in [-0.39, 0.29) is 30.0 Å². The van der Waals surface area contributed by atoms with Crippen LogP contribution in [0.2, 0.25) is 0 Å². The van der Waals surface area contributed by atoms with Crippen molar-refractivity contribution in [3.05, 3.63) is 47.4 Å². The topological polar surface area (TPSA) is 130 Å². The van der Waals surface area contributed by atoms with Crippen LogP contribution in [0.5, 0.6) is 0 Å². The molecule has 1 fully saturated rings. The molecule has 1 aliphatic carbocycles. The van der Waals surface area contributed by atoms with Gasteiger partial charge in [0.15, 0.2) is 5.82 Å². The van der Waals surface area contributed by atoms with Crippen molar-refractivity contribution in [1.29, 1.82) is 0 Å². The quantitative estimate of drug-likeness (QED) is 0.589. The third-order valence-electron chi connectivity index (χ3n) is 6.24. The monoisotopic (exact) mass is 422 g/mol. The van der Waals surface area contributed by atoms with E-state index in [2.05, 4.69) is 33.5 Å². The summed E-state index contributed by atoms with van der Waals surface area (Å²) in [5.74, 6) is 0.579. The molecule has 1 aromatic heterocycles. The molecule has 1 aliphatic heterocycles. The lowest BCUT2D eigenvalue weighted by molar-refractivity contribution is -0.130. The first-order valence-electron chi connectivity index (χ1n) is 11.0. The second kappa shape index (κ2) is 9.34. The summed E-state index contributed by atoms with van der Waals surface area (Å²) in [5, 5.41) is 3.00. The normalized spacial score (nSPS) is 17.3. The highest BCUT2D eigenvalue weighted by Gasteiger charge is 2.24. The largest absolute Gasteiger partial charge is 0.382 e. The highest BCUT2D eigenvalue weighted by molar-refractivity contribution is 6.03. The summed E-state index contributed by atoms with van der Waals surface area (Å²) < 4.78 is 0. The maximum Gasteiger partial charge on any atom is 0.291 e. The van der Waals surface area contributed by atoms with Gasteiger partial charge in [-0.15, -0.1) is 0 Å². The lowest BCUT2D eigenvalue weighted by atomic mass is 9.85. The second-order valence-corrected chi connectivity index (χ2v) is 8.27. The van der Waals surface area contributed by atoms with Crippen LogP contribution in [-0.4, -0.2) is 46.3 Å². The predicted molar refractivity (Wildman–Crippen MR) is 121 cm³/mol. The molecule has 2 aliphatic rings. The number of carbonyl (C=O) groups is 2. The number of rotatable bonds is 5. The number of aromatic nitrogens is 2. The number of imidazole rings is 1. The summed E-state index contributed by atoms with van der Waals surface area (Å²) in [6, 6.07) is 6.29. The number of allylic oxidation sites excluding steroid dienone is 2. The van der Waals surface area contributed by atoms with Gasteiger partial charge in [0.05, 0.1) is 6.54 Å². The smallest absolute Gasteiger partial charge is 0.291 e. The highest BCUT2D eigenvalue weighted by atomic mass is 16.2. The molecule has 0 spiro atoms. The minimum Gasteiger partial charge on any atom is -0.382 e. The standard InChI is InChI=1S/C23H30N6O2/c24-13-21(30)29-10-8-15(9-11-29)17-6-7-19(18(12-17)16-4-2-1-3-5-16)27-23(31)22-26-14-20(25)28-22/h4,6-7,12,14-15H,1-3,5,8-11,13,24-25H2,(H,26,28)(H,27,31). The second-order valence-electron chi connectivity index (χ2n) is 8.27. The van der Waals surface area contributed by atoms with E-state index in [0.717, 1.165) is 56.4 Å². The van der Waals surface area contributed by atoms with E-state index in [0.29, 0.717) is 5.92 Å². The summed E-state index contributed by atoms with van der Waals surface area (Å²) in [6.07, 6.45) is 10.0. The molecule has 31 heavy (non-hydrogen) atoms. The number of hydrogen-bond donors (Lipinski definition) is 4. The maximum atomic E-state index is 12.6. The average molecular weight is 423 g/mol. The number of hydrogen-bond acceptors (Lipinski definition) is 5. The third-order valence-corrected chi connectivity index (χ3v) is 6.24. The Balaban J connectivity index is 1.57. The van der Waals surface area contributed by atoms with Gasteiger partial charge in [-0.3, -0.25) is 9.59 Å². The van der Waals surface area contributed by atoms with Crippen LogP contribution in [0.3, 0.4) is 0 Å². The molecule has 2 aromatic rings. The van der Waals surface area contributed by atoms with Crippen LogP contribution >= 0.6 is 0 Å². The zero-order chi connectivity index (χ0) is 21.8. The van der Waals surface area contributed by atoms with E-state index in [1.54, 1.807) is 0 Å². The van der Waals surface area contributed by atoms with Crippen LogP contribution in [0.15, 0.2) is 30.5 Å². The Morgan fingerprint density at radius 3 is 2.68 bits per heavy atom. The Morgan fingerprint density at radius 1 is 1.23 bits per heavy atom.